The molecular weight excluding hydrogens is 348 g/mol. The summed E-state index contributed by atoms with van der Waals surface area (Å²) in [6.07, 6.45) is 0. The summed E-state index contributed by atoms with van der Waals surface area (Å²) in [7, 11) is 1.87. The monoisotopic (exact) mass is 364 g/mol. The molecule has 0 fully saturated rings. The van der Waals surface area contributed by atoms with E-state index in [-0.39, 0.29) is 12.0 Å². The first-order valence-electron chi connectivity index (χ1n) is 7.98. The third-order valence-electron chi connectivity index (χ3n) is 3.80. The molecule has 0 amide bonds. The predicted molar refractivity (Wildman–Crippen MR) is 103 cm³/mol. The zero-order chi connectivity index (χ0) is 17.9. The summed E-state index contributed by atoms with van der Waals surface area (Å²) in [6.45, 7) is 0.622. The van der Waals surface area contributed by atoms with Crippen LogP contribution in [0.5, 0.6) is 6.01 Å². The van der Waals surface area contributed by atoms with Crippen molar-refractivity contribution in [2.24, 2.45) is 0 Å². The third kappa shape index (κ3) is 3.55. The summed E-state index contributed by atoms with van der Waals surface area (Å²) in [4.78, 5) is 18.5. The second-order valence-corrected chi connectivity index (χ2v) is 6.65. The largest absolute Gasteiger partial charge is 0.479 e. The van der Waals surface area contributed by atoms with Crippen LogP contribution in [0.3, 0.4) is 0 Å². The van der Waals surface area contributed by atoms with E-state index in [9.17, 15) is 5.11 Å². The predicted octanol–water partition coefficient (Wildman–Crippen LogP) is 3.57. The Kier molecular flexibility index (Phi) is 4.32. The molecule has 2 heterocycles. The van der Waals surface area contributed by atoms with Crippen LogP contribution >= 0.6 is 11.3 Å². The summed E-state index contributed by atoms with van der Waals surface area (Å²) in [5.74, 6) is 0.680. The Balaban J connectivity index is 1.57. The molecule has 0 atom stereocenters. The number of nitrogens with one attached hydrogen (secondary N) is 1. The third-order valence-corrected chi connectivity index (χ3v) is 4.59. The quantitative estimate of drug-likeness (QED) is 0.560. The molecule has 26 heavy (non-hydrogen) atoms. The zero-order valence-electron chi connectivity index (χ0n) is 14.0. The second-order valence-electron chi connectivity index (χ2n) is 5.76. The van der Waals surface area contributed by atoms with Gasteiger partial charge < -0.3 is 15.3 Å². The molecule has 0 bridgehead atoms. The SMILES string of the molecule is CN(Cc1ccccc1)c1nc(O)nc(Nc2ccc3ncsc3c2)n1. The van der Waals surface area contributed by atoms with Gasteiger partial charge in [-0.2, -0.15) is 15.0 Å². The number of aromatic nitrogens is 4. The molecule has 0 radical (unpaired) electrons. The van der Waals surface area contributed by atoms with Crippen LogP contribution in [0.25, 0.3) is 10.2 Å². The minimum Gasteiger partial charge on any atom is -0.479 e. The maximum Gasteiger partial charge on any atom is 0.320 e. The summed E-state index contributed by atoms with van der Waals surface area (Å²) < 4.78 is 1.06. The molecule has 4 rings (SSSR count). The first kappa shape index (κ1) is 16.2. The first-order chi connectivity index (χ1) is 12.7. The van der Waals surface area contributed by atoms with Gasteiger partial charge in [-0.3, -0.25) is 0 Å². The van der Waals surface area contributed by atoms with Crippen LogP contribution in [0.15, 0.2) is 54.0 Å². The topological polar surface area (TPSA) is 87.1 Å². The highest BCUT2D eigenvalue weighted by molar-refractivity contribution is 7.16. The van der Waals surface area contributed by atoms with Crippen molar-refractivity contribution in [1.82, 2.24) is 19.9 Å². The van der Waals surface area contributed by atoms with E-state index in [1.54, 1.807) is 16.8 Å². The molecule has 0 aliphatic rings. The molecule has 2 aromatic heterocycles. The van der Waals surface area contributed by atoms with Crippen molar-refractivity contribution in [1.29, 1.82) is 0 Å². The maximum atomic E-state index is 9.89. The van der Waals surface area contributed by atoms with E-state index in [1.165, 1.54) is 0 Å². The number of hydrogen-bond acceptors (Lipinski definition) is 8. The van der Waals surface area contributed by atoms with Crippen LogP contribution in [0.4, 0.5) is 17.6 Å². The Morgan fingerprint density at radius 3 is 2.77 bits per heavy atom. The summed E-state index contributed by atoms with van der Waals surface area (Å²) in [5.41, 5.74) is 4.70. The molecule has 130 valence electrons. The van der Waals surface area contributed by atoms with Crippen LogP contribution < -0.4 is 10.2 Å². The number of rotatable bonds is 5. The maximum absolute atomic E-state index is 9.89. The Morgan fingerprint density at radius 2 is 1.92 bits per heavy atom. The first-order valence-corrected chi connectivity index (χ1v) is 8.86. The molecule has 7 nitrogen and oxygen atoms in total. The highest BCUT2D eigenvalue weighted by atomic mass is 32.1. The van der Waals surface area contributed by atoms with Crippen molar-refractivity contribution >= 4 is 39.1 Å². The molecule has 0 spiro atoms. The molecule has 0 aliphatic heterocycles. The summed E-state index contributed by atoms with van der Waals surface area (Å²) in [6, 6.07) is 15.5. The van der Waals surface area contributed by atoms with Gasteiger partial charge in [-0.1, -0.05) is 30.3 Å². The molecule has 0 aliphatic carbocycles. The van der Waals surface area contributed by atoms with Gasteiger partial charge in [-0.25, -0.2) is 4.98 Å². The number of benzene rings is 2. The molecule has 0 saturated carbocycles. The number of anilines is 3. The van der Waals surface area contributed by atoms with E-state index >= 15 is 0 Å². The van der Waals surface area contributed by atoms with Gasteiger partial charge in [0.25, 0.3) is 0 Å². The van der Waals surface area contributed by atoms with E-state index < -0.39 is 0 Å². The van der Waals surface area contributed by atoms with Crippen molar-refractivity contribution in [2.75, 3.05) is 17.3 Å². The minimum absolute atomic E-state index is 0.288. The molecular formula is C18H16N6OS. The normalized spacial score (nSPS) is 10.8. The molecule has 2 N–H and O–H groups in total. The highest BCUT2D eigenvalue weighted by Gasteiger charge is 2.11. The van der Waals surface area contributed by atoms with Gasteiger partial charge in [-0.05, 0) is 23.8 Å². The molecule has 4 aromatic rings. The lowest BCUT2D eigenvalue weighted by Crippen LogP contribution is -2.19. The van der Waals surface area contributed by atoms with Gasteiger partial charge in [0.2, 0.25) is 11.9 Å². The van der Waals surface area contributed by atoms with Gasteiger partial charge >= 0.3 is 6.01 Å². The van der Waals surface area contributed by atoms with Crippen molar-refractivity contribution in [2.45, 2.75) is 6.54 Å². The average Bonchev–Trinajstić information content (AvgIpc) is 3.10. The van der Waals surface area contributed by atoms with Crippen molar-refractivity contribution < 1.29 is 5.11 Å². The van der Waals surface area contributed by atoms with Crippen LogP contribution in [0.1, 0.15) is 5.56 Å². The Morgan fingerprint density at radius 1 is 1.08 bits per heavy atom. The lowest BCUT2D eigenvalue weighted by atomic mass is 10.2. The van der Waals surface area contributed by atoms with Gasteiger partial charge in [-0.15, -0.1) is 11.3 Å². The van der Waals surface area contributed by atoms with E-state index in [2.05, 4.69) is 25.3 Å². The van der Waals surface area contributed by atoms with Crippen molar-refractivity contribution in [3.63, 3.8) is 0 Å². The smallest absolute Gasteiger partial charge is 0.320 e. The highest BCUT2D eigenvalue weighted by Crippen LogP contribution is 2.24. The van der Waals surface area contributed by atoms with Gasteiger partial charge in [0.15, 0.2) is 0 Å². The van der Waals surface area contributed by atoms with Gasteiger partial charge in [0.1, 0.15) is 0 Å². The van der Waals surface area contributed by atoms with Crippen LogP contribution in [-0.2, 0) is 6.54 Å². The van der Waals surface area contributed by atoms with Crippen LogP contribution in [0, 0.1) is 0 Å². The molecule has 0 unspecified atom stereocenters. The molecule has 8 heteroatoms. The zero-order valence-corrected chi connectivity index (χ0v) is 14.8. The lowest BCUT2D eigenvalue weighted by Gasteiger charge is -2.17. The minimum atomic E-state index is -0.323. The Labute approximate surface area is 154 Å². The lowest BCUT2D eigenvalue weighted by molar-refractivity contribution is 0.429. The fourth-order valence-corrected chi connectivity index (χ4v) is 3.29. The van der Waals surface area contributed by atoms with E-state index in [1.807, 2.05) is 60.5 Å². The average molecular weight is 364 g/mol. The number of nitrogens with zero attached hydrogens (tertiary/aromatic N) is 5. The number of aromatic hydroxyl groups is 1. The Hall–Kier alpha value is -3.26. The van der Waals surface area contributed by atoms with E-state index in [0.29, 0.717) is 12.5 Å². The summed E-state index contributed by atoms with van der Waals surface area (Å²) in [5, 5.41) is 13.0. The second kappa shape index (κ2) is 6.93. The molecule has 2 aromatic carbocycles. The van der Waals surface area contributed by atoms with E-state index in [0.717, 1.165) is 21.5 Å². The molecule has 0 saturated heterocycles. The number of hydrogen-bond donors (Lipinski definition) is 2. The van der Waals surface area contributed by atoms with Crippen molar-refractivity contribution in [3.05, 3.63) is 59.6 Å². The fraction of sp³-hybridized carbons (Fsp3) is 0.111. The van der Waals surface area contributed by atoms with Crippen LogP contribution in [-0.4, -0.2) is 32.1 Å². The number of fused-ring (bicyclic) bond motifs is 1. The van der Waals surface area contributed by atoms with Gasteiger partial charge in [0.05, 0.1) is 15.7 Å². The number of thiazole rings is 1. The Bertz CT molecular complexity index is 1040. The van der Waals surface area contributed by atoms with Crippen LogP contribution in [0.2, 0.25) is 0 Å². The fourth-order valence-electron chi connectivity index (χ4n) is 2.57. The van der Waals surface area contributed by atoms with E-state index in [4.69, 9.17) is 0 Å². The standard InChI is InChI=1S/C18H16N6OS/c1-24(10-12-5-3-2-4-6-12)17-21-16(22-18(25)23-17)20-13-7-8-14-15(9-13)26-11-19-14/h2-9,11H,10H2,1H3,(H2,20,21,22,23,25). The summed E-state index contributed by atoms with van der Waals surface area (Å²) >= 11 is 1.56. The van der Waals surface area contributed by atoms with Crippen molar-refractivity contribution in [3.8, 4) is 6.01 Å². The van der Waals surface area contributed by atoms with Gasteiger partial charge in [0, 0.05) is 19.3 Å².